The highest BCUT2D eigenvalue weighted by molar-refractivity contribution is 5.72. The number of nitrogens with zero attached hydrogens (tertiary/aromatic N) is 3. The Morgan fingerprint density at radius 1 is 1.58 bits per heavy atom. The van der Waals surface area contributed by atoms with Crippen LogP contribution in [0.15, 0.2) is 12.3 Å². The molecule has 1 aromatic rings. The second kappa shape index (κ2) is 4.83. The number of aryl methyl sites for hydroxylation is 1. The van der Waals surface area contributed by atoms with Crippen LogP contribution in [0.4, 0.5) is 11.5 Å². The van der Waals surface area contributed by atoms with Crippen molar-refractivity contribution in [2.75, 3.05) is 18.0 Å². The van der Waals surface area contributed by atoms with Gasteiger partial charge in [0.2, 0.25) is 0 Å². The number of pyridine rings is 1. The van der Waals surface area contributed by atoms with Crippen molar-refractivity contribution in [1.29, 1.82) is 0 Å². The fourth-order valence-electron chi connectivity index (χ4n) is 2.35. The fraction of sp³-hybridized carbons (Fsp3) is 0.500. The van der Waals surface area contributed by atoms with E-state index in [-0.39, 0.29) is 11.6 Å². The first-order chi connectivity index (χ1) is 8.90. The van der Waals surface area contributed by atoms with Gasteiger partial charge in [-0.25, -0.2) is 4.98 Å². The van der Waals surface area contributed by atoms with Crippen LogP contribution < -0.4 is 4.90 Å². The van der Waals surface area contributed by atoms with Gasteiger partial charge in [-0.3, -0.25) is 14.9 Å². The molecule has 1 aromatic heterocycles. The molecule has 102 valence electrons. The molecule has 0 radical (unpaired) electrons. The Balaban J connectivity index is 2.27. The number of hydrogen-bond acceptors (Lipinski definition) is 5. The smallest absolute Gasteiger partial charge is 0.308 e. The van der Waals surface area contributed by atoms with Gasteiger partial charge in [-0.15, -0.1) is 0 Å². The second-order valence-electron chi connectivity index (χ2n) is 4.91. The molecule has 1 aliphatic rings. The molecular weight excluding hydrogens is 250 g/mol. The normalized spacial score (nSPS) is 22.5. The Bertz CT molecular complexity index is 532. The first-order valence-corrected chi connectivity index (χ1v) is 5.99. The maximum absolute atomic E-state index is 11.1. The second-order valence-corrected chi connectivity index (χ2v) is 4.91. The number of aliphatic carboxylic acids is 1. The monoisotopic (exact) mass is 265 g/mol. The zero-order valence-corrected chi connectivity index (χ0v) is 10.7. The number of carbonyl (C=O) groups is 1. The standard InChI is InChI=1S/C12H15N3O4/c1-7-4-13-11(3-10(7)15(18)19)14-5-8(2)9(6-14)12(16)17/h3-4,8-9H,5-6H2,1-2H3,(H,16,17)/t8-,9-/m1/s1. The van der Waals surface area contributed by atoms with E-state index in [2.05, 4.69) is 4.98 Å². The van der Waals surface area contributed by atoms with Gasteiger partial charge in [0.1, 0.15) is 5.82 Å². The van der Waals surface area contributed by atoms with E-state index in [0.717, 1.165) is 0 Å². The highest BCUT2D eigenvalue weighted by Gasteiger charge is 2.35. The summed E-state index contributed by atoms with van der Waals surface area (Å²) in [4.78, 5) is 27.5. The predicted molar refractivity (Wildman–Crippen MR) is 68.1 cm³/mol. The van der Waals surface area contributed by atoms with Crippen LogP contribution in [0.5, 0.6) is 0 Å². The summed E-state index contributed by atoms with van der Waals surface area (Å²) >= 11 is 0. The summed E-state index contributed by atoms with van der Waals surface area (Å²) in [5, 5.41) is 20.0. The molecule has 1 fully saturated rings. The van der Waals surface area contributed by atoms with E-state index < -0.39 is 16.8 Å². The Morgan fingerprint density at radius 3 is 2.79 bits per heavy atom. The Hall–Kier alpha value is -2.18. The summed E-state index contributed by atoms with van der Waals surface area (Å²) in [5.41, 5.74) is 0.507. The van der Waals surface area contributed by atoms with Gasteiger partial charge in [0, 0.05) is 24.8 Å². The third-order valence-electron chi connectivity index (χ3n) is 3.51. The topological polar surface area (TPSA) is 96.6 Å². The van der Waals surface area contributed by atoms with E-state index >= 15 is 0 Å². The molecular formula is C12H15N3O4. The lowest BCUT2D eigenvalue weighted by molar-refractivity contribution is -0.385. The minimum atomic E-state index is -0.836. The molecule has 2 rings (SSSR count). The fourth-order valence-corrected chi connectivity index (χ4v) is 2.35. The Morgan fingerprint density at radius 2 is 2.26 bits per heavy atom. The molecule has 0 amide bonds. The van der Waals surface area contributed by atoms with E-state index in [9.17, 15) is 14.9 Å². The van der Waals surface area contributed by atoms with Gasteiger partial charge in [-0.05, 0) is 12.8 Å². The number of anilines is 1. The largest absolute Gasteiger partial charge is 0.481 e. The van der Waals surface area contributed by atoms with Crippen LogP contribution in [0, 0.1) is 28.9 Å². The van der Waals surface area contributed by atoms with Gasteiger partial charge in [-0.1, -0.05) is 6.92 Å². The van der Waals surface area contributed by atoms with E-state index in [1.165, 1.54) is 12.3 Å². The van der Waals surface area contributed by atoms with Crippen LogP contribution in [0.25, 0.3) is 0 Å². The summed E-state index contributed by atoms with van der Waals surface area (Å²) in [5.74, 6) is -0.827. The van der Waals surface area contributed by atoms with Crippen molar-refractivity contribution in [1.82, 2.24) is 4.98 Å². The molecule has 7 nitrogen and oxygen atoms in total. The zero-order chi connectivity index (χ0) is 14.2. The maximum Gasteiger partial charge on any atom is 0.308 e. The Kier molecular flexibility index (Phi) is 3.37. The summed E-state index contributed by atoms with van der Waals surface area (Å²) in [6.45, 7) is 4.37. The average molecular weight is 265 g/mol. The minimum Gasteiger partial charge on any atom is -0.481 e. The number of hydrogen-bond donors (Lipinski definition) is 1. The molecule has 1 aliphatic heterocycles. The summed E-state index contributed by atoms with van der Waals surface area (Å²) < 4.78 is 0. The van der Waals surface area contributed by atoms with Crippen molar-refractivity contribution in [2.24, 2.45) is 11.8 Å². The first-order valence-electron chi connectivity index (χ1n) is 5.99. The highest BCUT2D eigenvalue weighted by Crippen LogP contribution is 2.29. The van der Waals surface area contributed by atoms with Gasteiger partial charge < -0.3 is 10.0 Å². The van der Waals surface area contributed by atoms with E-state index in [4.69, 9.17) is 5.11 Å². The lowest BCUT2D eigenvalue weighted by Crippen LogP contribution is -2.23. The first kappa shape index (κ1) is 13.3. The summed E-state index contributed by atoms with van der Waals surface area (Å²) in [7, 11) is 0. The number of carboxylic acids is 1. The van der Waals surface area contributed by atoms with Gasteiger partial charge in [0.25, 0.3) is 5.69 Å². The van der Waals surface area contributed by atoms with Gasteiger partial charge in [-0.2, -0.15) is 0 Å². The molecule has 1 N–H and O–H groups in total. The third-order valence-corrected chi connectivity index (χ3v) is 3.51. The molecule has 0 aromatic carbocycles. The van der Waals surface area contributed by atoms with Crippen LogP contribution in [0.1, 0.15) is 12.5 Å². The lowest BCUT2D eigenvalue weighted by Gasteiger charge is -2.16. The SMILES string of the molecule is Cc1cnc(N2C[C@@H](C)[C@H](C(=O)O)C2)cc1[N+](=O)[O-]. The number of rotatable bonds is 3. The molecule has 0 spiro atoms. The van der Waals surface area contributed by atoms with Crippen LogP contribution >= 0.6 is 0 Å². The molecule has 0 saturated carbocycles. The maximum atomic E-state index is 11.1. The molecule has 1 saturated heterocycles. The number of aromatic nitrogens is 1. The molecule has 7 heteroatoms. The van der Waals surface area contributed by atoms with Gasteiger partial charge in [0.15, 0.2) is 0 Å². The van der Waals surface area contributed by atoms with Crippen molar-refractivity contribution >= 4 is 17.5 Å². The van der Waals surface area contributed by atoms with Crippen LogP contribution in [-0.2, 0) is 4.79 Å². The average Bonchev–Trinajstić information content (AvgIpc) is 2.71. The molecule has 0 aliphatic carbocycles. The highest BCUT2D eigenvalue weighted by atomic mass is 16.6. The Labute approximate surface area is 110 Å². The van der Waals surface area contributed by atoms with Crippen molar-refractivity contribution in [3.05, 3.63) is 27.9 Å². The van der Waals surface area contributed by atoms with Crippen LogP contribution in [0.2, 0.25) is 0 Å². The van der Waals surface area contributed by atoms with Crippen molar-refractivity contribution in [3.8, 4) is 0 Å². The third kappa shape index (κ3) is 2.49. The number of carboxylic acid groups (broad SMARTS) is 1. The lowest BCUT2D eigenvalue weighted by atomic mass is 9.99. The zero-order valence-electron chi connectivity index (χ0n) is 10.7. The molecule has 19 heavy (non-hydrogen) atoms. The van der Waals surface area contributed by atoms with E-state index in [1.807, 2.05) is 6.92 Å². The van der Waals surface area contributed by atoms with E-state index in [0.29, 0.717) is 24.5 Å². The minimum absolute atomic E-state index is 0.000316. The van der Waals surface area contributed by atoms with Crippen molar-refractivity contribution < 1.29 is 14.8 Å². The van der Waals surface area contributed by atoms with Crippen LogP contribution in [-0.4, -0.2) is 34.1 Å². The molecule has 0 bridgehead atoms. The van der Waals surface area contributed by atoms with Crippen molar-refractivity contribution in [2.45, 2.75) is 13.8 Å². The molecule has 2 heterocycles. The number of nitro groups is 1. The van der Waals surface area contributed by atoms with Crippen LogP contribution in [0.3, 0.4) is 0 Å². The predicted octanol–water partition coefficient (Wildman–Crippen LogP) is 1.46. The van der Waals surface area contributed by atoms with E-state index in [1.54, 1.807) is 11.8 Å². The molecule has 2 atom stereocenters. The summed E-state index contributed by atoms with van der Waals surface area (Å²) in [6.07, 6.45) is 1.45. The summed E-state index contributed by atoms with van der Waals surface area (Å²) in [6, 6.07) is 1.41. The van der Waals surface area contributed by atoms with Gasteiger partial charge in [0.05, 0.1) is 16.9 Å². The van der Waals surface area contributed by atoms with Gasteiger partial charge >= 0.3 is 5.97 Å². The molecule has 0 unspecified atom stereocenters. The quantitative estimate of drug-likeness (QED) is 0.656. The van der Waals surface area contributed by atoms with Crippen molar-refractivity contribution in [3.63, 3.8) is 0 Å².